The number of nitrogens with one attached hydrogen (secondary N) is 1. The van der Waals surface area contributed by atoms with Crippen molar-refractivity contribution in [1.82, 2.24) is 10.2 Å². The van der Waals surface area contributed by atoms with E-state index in [9.17, 15) is 13.2 Å². The second-order valence-corrected chi connectivity index (χ2v) is 5.59. The van der Waals surface area contributed by atoms with Crippen molar-refractivity contribution in [1.29, 1.82) is 0 Å². The van der Waals surface area contributed by atoms with Gasteiger partial charge in [0.2, 0.25) is 0 Å². The van der Waals surface area contributed by atoms with E-state index >= 15 is 0 Å². The van der Waals surface area contributed by atoms with Crippen molar-refractivity contribution >= 4 is 15.9 Å². The zero-order valence-electron chi connectivity index (χ0n) is 10.4. The summed E-state index contributed by atoms with van der Waals surface area (Å²) < 4.78 is 39.2. The summed E-state index contributed by atoms with van der Waals surface area (Å²) in [5, 5.41) is 3.16. The van der Waals surface area contributed by atoms with Gasteiger partial charge in [-0.1, -0.05) is 28.1 Å². The molecule has 106 valence electrons. The van der Waals surface area contributed by atoms with Crippen LogP contribution in [0.4, 0.5) is 13.2 Å². The molecular weight excluding hydrogens is 321 g/mol. The van der Waals surface area contributed by atoms with Crippen molar-refractivity contribution in [2.45, 2.75) is 18.6 Å². The van der Waals surface area contributed by atoms with Gasteiger partial charge in [-0.05, 0) is 17.7 Å². The van der Waals surface area contributed by atoms with Crippen LogP contribution in [0.2, 0.25) is 0 Å². The minimum atomic E-state index is -4.15. The first-order chi connectivity index (χ1) is 8.96. The molecule has 0 spiro atoms. The van der Waals surface area contributed by atoms with Gasteiger partial charge in [0.15, 0.2) is 0 Å². The number of nitrogens with zero attached hydrogens (tertiary/aromatic N) is 1. The molecule has 6 heteroatoms. The average Bonchev–Trinajstić information content (AvgIpc) is 2.37. The summed E-state index contributed by atoms with van der Waals surface area (Å²) in [5.41, 5.74) is 0.724. The van der Waals surface area contributed by atoms with Crippen LogP contribution in [0.3, 0.4) is 0 Å². The average molecular weight is 337 g/mol. The summed E-state index contributed by atoms with van der Waals surface area (Å²) in [6.07, 6.45) is -4.95. The van der Waals surface area contributed by atoms with E-state index in [1.165, 1.54) is 0 Å². The van der Waals surface area contributed by atoms with Crippen LogP contribution in [0.5, 0.6) is 0 Å². The summed E-state index contributed by atoms with van der Waals surface area (Å²) >= 11 is 3.31. The monoisotopic (exact) mass is 336 g/mol. The molecule has 1 heterocycles. The molecule has 0 aliphatic carbocycles. The van der Waals surface area contributed by atoms with Crippen LogP contribution in [-0.4, -0.2) is 37.3 Å². The minimum Gasteiger partial charge on any atom is -0.314 e. The van der Waals surface area contributed by atoms with Crippen molar-refractivity contribution in [2.24, 2.45) is 0 Å². The molecule has 1 saturated heterocycles. The highest BCUT2D eigenvalue weighted by atomic mass is 79.9. The zero-order chi connectivity index (χ0) is 13.9. The lowest BCUT2D eigenvalue weighted by molar-refractivity contribution is -0.148. The van der Waals surface area contributed by atoms with Crippen LogP contribution in [0, 0.1) is 0 Å². The van der Waals surface area contributed by atoms with Crippen molar-refractivity contribution in [2.75, 3.05) is 26.2 Å². The molecule has 1 atom stereocenters. The summed E-state index contributed by atoms with van der Waals surface area (Å²) in [6, 6.07) is 6.53. The van der Waals surface area contributed by atoms with E-state index in [1.54, 1.807) is 24.3 Å². The second kappa shape index (κ2) is 6.24. The van der Waals surface area contributed by atoms with Crippen molar-refractivity contribution < 1.29 is 13.2 Å². The van der Waals surface area contributed by atoms with Gasteiger partial charge in [0.05, 0.1) is 6.42 Å². The van der Waals surface area contributed by atoms with E-state index in [-0.39, 0.29) is 0 Å². The predicted molar refractivity (Wildman–Crippen MR) is 72.0 cm³/mol. The fourth-order valence-corrected chi connectivity index (χ4v) is 2.62. The number of rotatable bonds is 3. The number of halogens is 4. The van der Waals surface area contributed by atoms with Crippen molar-refractivity contribution in [3.8, 4) is 0 Å². The second-order valence-electron chi connectivity index (χ2n) is 4.67. The highest BCUT2D eigenvalue weighted by Crippen LogP contribution is 2.34. The van der Waals surface area contributed by atoms with Crippen LogP contribution in [0.25, 0.3) is 0 Å². The maximum atomic E-state index is 12.8. The normalized spacial score (nSPS) is 19.4. The third kappa shape index (κ3) is 4.47. The Morgan fingerprint density at radius 2 is 1.74 bits per heavy atom. The van der Waals surface area contributed by atoms with Crippen LogP contribution in [0.1, 0.15) is 18.0 Å². The standard InChI is InChI=1S/C13H16BrF3N2/c14-11-3-1-10(2-4-11)12(9-13(15,16)17)19-7-5-18-6-8-19/h1-4,12,18H,5-9H2/t12-/m0/s1. The molecule has 2 nitrogen and oxygen atoms in total. The third-order valence-corrected chi connectivity index (χ3v) is 3.80. The van der Waals surface area contributed by atoms with Crippen LogP contribution in [-0.2, 0) is 0 Å². The Morgan fingerprint density at radius 3 is 2.26 bits per heavy atom. The molecule has 0 aromatic heterocycles. The molecule has 0 bridgehead atoms. The largest absolute Gasteiger partial charge is 0.390 e. The Bertz CT molecular complexity index is 399. The SMILES string of the molecule is FC(F)(F)C[C@@H](c1ccc(Br)cc1)N1CCNCC1. The summed E-state index contributed by atoms with van der Waals surface area (Å²) in [6.45, 7) is 2.78. The topological polar surface area (TPSA) is 15.3 Å². The molecule has 0 amide bonds. The van der Waals surface area contributed by atoms with Crippen molar-refractivity contribution in [3.05, 3.63) is 34.3 Å². The first-order valence-electron chi connectivity index (χ1n) is 6.23. The first kappa shape index (κ1) is 14.8. The molecule has 1 aromatic carbocycles. The quantitative estimate of drug-likeness (QED) is 0.910. The van der Waals surface area contributed by atoms with Gasteiger partial charge in [-0.3, -0.25) is 4.90 Å². The Kier molecular flexibility index (Phi) is 4.86. The molecule has 2 rings (SSSR count). The van der Waals surface area contributed by atoms with Crippen LogP contribution < -0.4 is 5.32 Å². The van der Waals surface area contributed by atoms with Gasteiger partial charge >= 0.3 is 6.18 Å². The highest BCUT2D eigenvalue weighted by Gasteiger charge is 2.35. The molecule has 1 fully saturated rings. The van der Waals surface area contributed by atoms with Gasteiger partial charge in [0, 0.05) is 36.7 Å². The lowest BCUT2D eigenvalue weighted by Gasteiger charge is -2.35. The molecule has 1 aliphatic heterocycles. The predicted octanol–water partition coefficient (Wildman–Crippen LogP) is 3.35. The Balaban J connectivity index is 2.19. The Labute approximate surface area is 119 Å². The molecule has 0 saturated carbocycles. The maximum Gasteiger partial charge on any atom is 0.390 e. The minimum absolute atomic E-state index is 0.588. The van der Waals surface area contributed by atoms with E-state index in [2.05, 4.69) is 21.2 Å². The third-order valence-electron chi connectivity index (χ3n) is 3.27. The Hall–Kier alpha value is -0.590. The van der Waals surface area contributed by atoms with E-state index in [4.69, 9.17) is 0 Å². The fourth-order valence-electron chi connectivity index (χ4n) is 2.36. The summed E-state index contributed by atoms with van der Waals surface area (Å²) in [5.74, 6) is 0. The smallest absolute Gasteiger partial charge is 0.314 e. The van der Waals surface area contributed by atoms with Gasteiger partial charge in [-0.2, -0.15) is 13.2 Å². The molecule has 0 radical (unpaired) electrons. The zero-order valence-corrected chi connectivity index (χ0v) is 12.0. The summed E-state index contributed by atoms with van der Waals surface area (Å²) in [7, 11) is 0. The molecule has 1 aliphatic rings. The number of piperazine rings is 1. The number of benzene rings is 1. The Morgan fingerprint density at radius 1 is 1.16 bits per heavy atom. The number of hydrogen-bond donors (Lipinski definition) is 1. The van der Waals surface area contributed by atoms with E-state index in [0.29, 0.717) is 13.1 Å². The molecule has 1 N–H and O–H groups in total. The number of hydrogen-bond acceptors (Lipinski definition) is 2. The van der Waals surface area contributed by atoms with Gasteiger partial charge in [-0.25, -0.2) is 0 Å². The highest BCUT2D eigenvalue weighted by molar-refractivity contribution is 9.10. The number of alkyl halides is 3. The van der Waals surface area contributed by atoms with E-state index < -0.39 is 18.6 Å². The molecule has 0 unspecified atom stereocenters. The molecule has 19 heavy (non-hydrogen) atoms. The lowest BCUT2D eigenvalue weighted by atomic mass is 10.0. The van der Waals surface area contributed by atoms with Crippen LogP contribution >= 0.6 is 15.9 Å². The van der Waals surface area contributed by atoms with Gasteiger partial charge in [0.25, 0.3) is 0 Å². The fraction of sp³-hybridized carbons (Fsp3) is 0.538. The lowest BCUT2D eigenvalue weighted by Crippen LogP contribution is -2.46. The van der Waals surface area contributed by atoms with Gasteiger partial charge in [0.1, 0.15) is 0 Å². The summed E-state index contributed by atoms with van der Waals surface area (Å²) in [4.78, 5) is 1.91. The van der Waals surface area contributed by atoms with E-state index in [0.717, 1.165) is 23.1 Å². The molecular formula is C13H16BrF3N2. The van der Waals surface area contributed by atoms with Gasteiger partial charge < -0.3 is 5.32 Å². The van der Waals surface area contributed by atoms with E-state index in [1.807, 2.05) is 4.90 Å². The van der Waals surface area contributed by atoms with Gasteiger partial charge in [-0.15, -0.1) is 0 Å². The van der Waals surface area contributed by atoms with Crippen molar-refractivity contribution in [3.63, 3.8) is 0 Å². The maximum absolute atomic E-state index is 12.8. The first-order valence-corrected chi connectivity index (χ1v) is 7.02. The molecule has 1 aromatic rings. The van der Waals surface area contributed by atoms with Crippen LogP contribution in [0.15, 0.2) is 28.7 Å².